The molecule has 0 bridgehead atoms. The van der Waals surface area contributed by atoms with Gasteiger partial charge >= 0.3 is 0 Å². The summed E-state index contributed by atoms with van der Waals surface area (Å²) in [5.74, 6) is 0.959. The van der Waals surface area contributed by atoms with Crippen LogP contribution in [0.25, 0.3) is 16.8 Å². The molecule has 0 amide bonds. The highest BCUT2D eigenvalue weighted by atomic mass is 32.2. The number of aromatic nitrogens is 4. The van der Waals surface area contributed by atoms with Gasteiger partial charge in [0.15, 0.2) is 11.5 Å². The van der Waals surface area contributed by atoms with Crippen LogP contribution in [-0.4, -0.2) is 51.1 Å². The van der Waals surface area contributed by atoms with Crippen LogP contribution >= 0.6 is 0 Å². The van der Waals surface area contributed by atoms with Gasteiger partial charge in [0.25, 0.3) is 0 Å². The first-order chi connectivity index (χ1) is 13.1. The molecule has 0 radical (unpaired) electrons. The zero-order valence-electron chi connectivity index (χ0n) is 15.3. The molecule has 0 aromatic carbocycles. The standard InChI is InChI=1S/C19H23N5O2S/c1-2-12-27(25,26)23-11-3-4-17(13-23)19-21-18-6-5-16(14-24(18)22-19)15-7-9-20-10-8-15/h5-10,14,17H,2-4,11-13H2,1H3/t17-/m0/s1. The first-order valence-corrected chi connectivity index (χ1v) is 10.9. The van der Waals surface area contributed by atoms with Crippen LogP contribution in [0, 0.1) is 0 Å². The van der Waals surface area contributed by atoms with E-state index >= 15 is 0 Å². The van der Waals surface area contributed by atoms with Crippen molar-refractivity contribution in [3.63, 3.8) is 0 Å². The Morgan fingerprint density at radius 2 is 1.96 bits per heavy atom. The van der Waals surface area contributed by atoms with Gasteiger partial charge in [-0.1, -0.05) is 6.92 Å². The molecule has 0 saturated carbocycles. The molecular weight excluding hydrogens is 362 g/mol. The van der Waals surface area contributed by atoms with Crippen LogP contribution in [0.4, 0.5) is 0 Å². The smallest absolute Gasteiger partial charge is 0.214 e. The molecule has 4 heterocycles. The summed E-state index contributed by atoms with van der Waals surface area (Å²) in [5, 5.41) is 4.65. The maximum Gasteiger partial charge on any atom is 0.214 e. The number of sulfonamides is 1. The molecule has 27 heavy (non-hydrogen) atoms. The third-order valence-electron chi connectivity index (χ3n) is 4.97. The monoisotopic (exact) mass is 385 g/mol. The van der Waals surface area contributed by atoms with Crippen molar-refractivity contribution in [2.24, 2.45) is 0 Å². The second kappa shape index (κ2) is 7.36. The molecule has 3 aromatic heterocycles. The highest BCUT2D eigenvalue weighted by molar-refractivity contribution is 7.89. The van der Waals surface area contributed by atoms with Crippen LogP contribution in [0.3, 0.4) is 0 Å². The van der Waals surface area contributed by atoms with E-state index in [0.717, 1.165) is 35.4 Å². The predicted octanol–water partition coefficient (Wildman–Crippen LogP) is 2.71. The van der Waals surface area contributed by atoms with Crippen LogP contribution in [0.5, 0.6) is 0 Å². The van der Waals surface area contributed by atoms with E-state index in [-0.39, 0.29) is 11.7 Å². The topological polar surface area (TPSA) is 80.5 Å². The second-order valence-electron chi connectivity index (χ2n) is 6.94. The van der Waals surface area contributed by atoms with Gasteiger partial charge in [-0.15, -0.1) is 0 Å². The molecule has 0 spiro atoms. The average Bonchev–Trinajstić information content (AvgIpc) is 3.12. The SMILES string of the molecule is CCCS(=O)(=O)N1CCC[C@H](c2nc3ccc(-c4ccncc4)cn3n2)C1. The summed E-state index contributed by atoms with van der Waals surface area (Å²) in [6.07, 6.45) is 7.86. The fourth-order valence-electron chi connectivity index (χ4n) is 3.58. The summed E-state index contributed by atoms with van der Waals surface area (Å²) < 4.78 is 28.2. The van der Waals surface area contributed by atoms with E-state index in [1.165, 1.54) is 0 Å². The second-order valence-corrected chi connectivity index (χ2v) is 9.03. The third-order valence-corrected chi connectivity index (χ3v) is 7.01. The van der Waals surface area contributed by atoms with Crippen molar-refractivity contribution in [1.82, 2.24) is 23.9 Å². The van der Waals surface area contributed by atoms with E-state index in [0.29, 0.717) is 19.5 Å². The number of rotatable bonds is 5. The number of piperidine rings is 1. The van der Waals surface area contributed by atoms with Gasteiger partial charge in [-0.25, -0.2) is 22.2 Å². The first-order valence-electron chi connectivity index (χ1n) is 9.31. The Balaban J connectivity index is 1.60. The molecule has 1 aliphatic rings. The summed E-state index contributed by atoms with van der Waals surface area (Å²) in [4.78, 5) is 8.70. The quantitative estimate of drug-likeness (QED) is 0.675. The van der Waals surface area contributed by atoms with E-state index in [4.69, 9.17) is 0 Å². The lowest BCUT2D eigenvalue weighted by molar-refractivity contribution is 0.309. The van der Waals surface area contributed by atoms with Gasteiger partial charge in [0.05, 0.1) is 5.75 Å². The van der Waals surface area contributed by atoms with Gasteiger partial charge in [0.1, 0.15) is 0 Å². The number of pyridine rings is 2. The van der Waals surface area contributed by atoms with E-state index in [2.05, 4.69) is 15.1 Å². The van der Waals surface area contributed by atoms with Crippen molar-refractivity contribution in [2.75, 3.05) is 18.8 Å². The summed E-state index contributed by atoms with van der Waals surface area (Å²) in [6, 6.07) is 7.87. The van der Waals surface area contributed by atoms with Crippen molar-refractivity contribution in [2.45, 2.75) is 32.1 Å². The van der Waals surface area contributed by atoms with E-state index in [1.807, 2.05) is 37.4 Å². The van der Waals surface area contributed by atoms with Gasteiger partial charge < -0.3 is 0 Å². The minimum atomic E-state index is -3.18. The molecule has 0 unspecified atom stereocenters. The fraction of sp³-hybridized carbons (Fsp3) is 0.421. The molecule has 1 atom stereocenters. The van der Waals surface area contributed by atoms with E-state index in [1.54, 1.807) is 21.2 Å². The van der Waals surface area contributed by atoms with Crippen molar-refractivity contribution < 1.29 is 8.42 Å². The number of nitrogens with zero attached hydrogens (tertiary/aromatic N) is 5. The lowest BCUT2D eigenvalue weighted by Crippen LogP contribution is -2.40. The molecule has 7 nitrogen and oxygen atoms in total. The largest absolute Gasteiger partial charge is 0.265 e. The molecule has 3 aromatic rings. The van der Waals surface area contributed by atoms with Gasteiger partial charge in [-0.05, 0) is 49.1 Å². The van der Waals surface area contributed by atoms with Gasteiger partial charge in [0.2, 0.25) is 10.0 Å². The fourth-order valence-corrected chi connectivity index (χ4v) is 5.17. The maximum absolute atomic E-state index is 12.4. The summed E-state index contributed by atoms with van der Waals surface area (Å²) in [5.41, 5.74) is 2.88. The van der Waals surface area contributed by atoms with Crippen molar-refractivity contribution in [3.05, 3.63) is 48.7 Å². The summed E-state index contributed by atoms with van der Waals surface area (Å²) in [7, 11) is -3.18. The molecule has 0 aliphatic carbocycles. The third kappa shape index (κ3) is 3.72. The molecular formula is C19H23N5O2S. The van der Waals surface area contributed by atoms with Gasteiger partial charge in [0, 0.05) is 43.2 Å². The highest BCUT2D eigenvalue weighted by Gasteiger charge is 2.31. The summed E-state index contributed by atoms with van der Waals surface area (Å²) >= 11 is 0. The van der Waals surface area contributed by atoms with Crippen molar-refractivity contribution in [3.8, 4) is 11.1 Å². The van der Waals surface area contributed by atoms with E-state index < -0.39 is 10.0 Å². The maximum atomic E-state index is 12.4. The summed E-state index contributed by atoms with van der Waals surface area (Å²) in [6.45, 7) is 2.96. The predicted molar refractivity (Wildman–Crippen MR) is 104 cm³/mol. The zero-order chi connectivity index (χ0) is 18.9. The Labute approximate surface area is 159 Å². The zero-order valence-corrected chi connectivity index (χ0v) is 16.1. The number of fused-ring (bicyclic) bond motifs is 1. The van der Waals surface area contributed by atoms with Gasteiger partial charge in [-0.3, -0.25) is 4.98 Å². The van der Waals surface area contributed by atoms with Crippen molar-refractivity contribution in [1.29, 1.82) is 0 Å². The van der Waals surface area contributed by atoms with Crippen LogP contribution < -0.4 is 0 Å². The molecule has 4 rings (SSSR count). The number of hydrogen-bond donors (Lipinski definition) is 0. The molecule has 1 aliphatic heterocycles. The first kappa shape index (κ1) is 18.1. The molecule has 142 valence electrons. The van der Waals surface area contributed by atoms with Crippen LogP contribution in [-0.2, 0) is 10.0 Å². The lowest BCUT2D eigenvalue weighted by Gasteiger charge is -2.30. The molecule has 8 heteroatoms. The lowest BCUT2D eigenvalue weighted by atomic mass is 9.99. The van der Waals surface area contributed by atoms with Crippen molar-refractivity contribution >= 4 is 15.7 Å². The Hall–Kier alpha value is -2.32. The van der Waals surface area contributed by atoms with Crippen LogP contribution in [0.15, 0.2) is 42.9 Å². The van der Waals surface area contributed by atoms with Crippen LogP contribution in [0.2, 0.25) is 0 Å². The highest BCUT2D eigenvalue weighted by Crippen LogP contribution is 2.27. The van der Waals surface area contributed by atoms with Crippen LogP contribution in [0.1, 0.15) is 37.9 Å². The molecule has 1 fully saturated rings. The van der Waals surface area contributed by atoms with E-state index in [9.17, 15) is 8.42 Å². The Morgan fingerprint density at radius 3 is 2.74 bits per heavy atom. The number of hydrogen-bond acceptors (Lipinski definition) is 5. The minimum absolute atomic E-state index is 0.0367. The minimum Gasteiger partial charge on any atom is -0.265 e. The molecule has 1 saturated heterocycles. The Morgan fingerprint density at radius 1 is 1.15 bits per heavy atom. The Bertz CT molecular complexity index is 1030. The normalized spacial score (nSPS) is 18.8. The Kier molecular flexibility index (Phi) is 4.92. The average molecular weight is 385 g/mol. The molecule has 0 N–H and O–H groups in total. The van der Waals surface area contributed by atoms with Gasteiger partial charge in [-0.2, -0.15) is 5.10 Å².